The van der Waals surface area contributed by atoms with E-state index in [0.29, 0.717) is 30.4 Å². The number of benzene rings is 2. The Morgan fingerprint density at radius 3 is 2.41 bits per heavy atom. The number of aliphatic imine (C=N–C) groups is 1. The maximum atomic E-state index is 12.7. The van der Waals surface area contributed by atoms with E-state index in [2.05, 4.69) is 20.4 Å². The molecule has 0 unspecified atom stereocenters. The molecular weight excluding hydrogens is 495 g/mol. The molecular formula is C20H26F2IN3O3. The smallest absolute Gasteiger partial charge is 0.387 e. The second kappa shape index (κ2) is 13.0. The highest BCUT2D eigenvalue weighted by atomic mass is 127. The number of guanidine groups is 1. The lowest BCUT2D eigenvalue weighted by atomic mass is 10.2. The van der Waals surface area contributed by atoms with Crippen molar-refractivity contribution in [2.75, 3.05) is 20.8 Å². The van der Waals surface area contributed by atoms with Crippen LogP contribution in [0.3, 0.4) is 0 Å². The van der Waals surface area contributed by atoms with Gasteiger partial charge in [-0.15, -0.1) is 24.0 Å². The molecule has 160 valence electrons. The van der Waals surface area contributed by atoms with Gasteiger partial charge in [0.15, 0.2) is 5.96 Å². The van der Waals surface area contributed by atoms with Crippen molar-refractivity contribution >= 4 is 29.9 Å². The van der Waals surface area contributed by atoms with Gasteiger partial charge in [0.1, 0.15) is 17.2 Å². The molecule has 0 spiro atoms. The molecule has 2 N–H and O–H groups in total. The van der Waals surface area contributed by atoms with Gasteiger partial charge in [-0.1, -0.05) is 18.2 Å². The zero-order valence-corrected chi connectivity index (χ0v) is 18.9. The van der Waals surface area contributed by atoms with Crippen LogP contribution in [0.4, 0.5) is 8.78 Å². The number of methoxy groups -OCH3 is 2. The van der Waals surface area contributed by atoms with Crippen LogP contribution in [-0.2, 0) is 13.1 Å². The molecule has 0 aromatic heterocycles. The Bertz CT molecular complexity index is 791. The molecule has 2 aromatic carbocycles. The van der Waals surface area contributed by atoms with E-state index in [4.69, 9.17) is 9.47 Å². The summed E-state index contributed by atoms with van der Waals surface area (Å²) in [5.74, 6) is 1.80. The molecule has 0 fully saturated rings. The van der Waals surface area contributed by atoms with E-state index in [1.54, 1.807) is 19.2 Å². The summed E-state index contributed by atoms with van der Waals surface area (Å²) in [5.41, 5.74) is 1.50. The van der Waals surface area contributed by atoms with Crippen molar-refractivity contribution in [2.24, 2.45) is 4.99 Å². The zero-order chi connectivity index (χ0) is 20.4. The van der Waals surface area contributed by atoms with Crippen LogP contribution in [0, 0.1) is 0 Å². The summed E-state index contributed by atoms with van der Waals surface area (Å²) in [6.07, 6.45) is 0. The minimum atomic E-state index is -2.92. The molecule has 6 nitrogen and oxygen atoms in total. The summed E-state index contributed by atoms with van der Waals surface area (Å²) >= 11 is 0. The SMILES string of the molecule is CCNC(=NCc1ccccc1OC)NCc1ccc(OC)cc1OC(F)F.I. The van der Waals surface area contributed by atoms with Crippen molar-refractivity contribution in [3.63, 3.8) is 0 Å². The summed E-state index contributed by atoms with van der Waals surface area (Å²) < 4.78 is 40.4. The number of halogens is 3. The van der Waals surface area contributed by atoms with Crippen molar-refractivity contribution in [3.05, 3.63) is 53.6 Å². The van der Waals surface area contributed by atoms with Crippen LogP contribution in [-0.4, -0.2) is 33.3 Å². The molecule has 0 atom stereocenters. The summed E-state index contributed by atoms with van der Waals surface area (Å²) in [5, 5.41) is 6.26. The van der Waals surface area contributed by atoms with Gasteiger partial charge >= 0.3 is 6.61 Å². The summed E-state index contributed by atoms with van der Waals surface area (Å²) in [6.45, 7) is 0.338. The van der Waals surface area contributed by atoms with Gasteiger partial charge in [-0.25, -0.2) is 4.99 Å². The quantitative estimate of drug-likeness (QED) is 0.295. The molecule has 0 radical (unpaired) electrons. The number of para-hydroxylation sites is 1. The van der Waals surface area contributed by atoms with Gasteiger partial charge in [0, 0.05) is 30.3 Å². The highest BCUT2D eigenvalue weighted by Gasteiger charge is 2.12. The van der Waals surface area contributed by atoms with Crippen LogP contribution in [0.5, 0.6) is 17.2 Å². The van der Waals surface area contributed by atoms with E-state index >= 15 is 0 Å². The fourth-order valence-corrected chi connectivity index (χ4v) is 2.53. The lowest BCUT2D eigenvalue weighted by Crippen LogP contribution is -2.36. The van der Waals surface area contributed by atoms with Gasteiger partial charge in [0.2, 0.25) is 0 Å². The molecule has 0 bridgehead atoms. The van der Waals surface area contributed by atoms with Crippen LogP contribution in [0.15, 0.2) is 47.5 Å². The number of hydrogen-bond donors (Lipinski definition) is 2. The monoisotopic (exact) mass is 521 g/mol. The second-order valence-corrected chi connectivity index (χ2v) is 5.71. The number of ether oxygens (including phenoxy) is 3. The first-order chi connectivity index (χ1) is 13.6. The van der Waals surface area contributed by atoms with E-state index in [-0.39, 0.29) is 36.3 Å². The Hall–Kier alpha value is -2.30. The minimum absolute atomic E-state index is 0. The standard InChI is InChI=1S/C20H25F2N3O3.HI/c1-4-23-20(24-12-14-7-5-6-8-17(14)27-3)25-13-15-9-10-16(26-2)11-18(15)28-19(21)22;/h5-11,19H,4,12-13H2,1-3H3,(H2,23,24,25);1H. The van der Waals surface area contributed by atoms with Crippen molar-refractivity contribution in [2.45, 2.75) is 26.6 Å². The number of hydrogen-bond acceptors (Lipinski definition) is 4. The first-order valence-corrected chi connectivity index (χ1v) is 8.83. The fourth-order valence-electron chi connectivity index (χ4n) is 2.53. The number of alkyl halides is 2. The van der Waals surface area contributed by atoms with Crippen LogP contribution in [0.1, 0.15) is 18.1 Å². The van der Waals surface area contributed by atoms with Crippen LogP contribution in [0.2, 0.25) is 0 Å². The molecule has 2 rings (SSSR count). The normalized spacial score (nSPS) is 10.9. The Morgan fingerprint density at radius 2 is 1.76 bits per heavy atom. The van der Waals surface area contributed by atoms with Gasteiger partial charge < -0.3 is 24.8 Å². The Labute approximate surface area is 186 Å². The van der Waals surface area contributed by atoms with Crippen LogP contribution in [0.25, 0.3) is 0 Å². The van der Waals surface area contributed by atoms with Gasteiger partial charge in [-0.2, -0.15) is 8.78 Å². The largest absolute Gasteiger partial charge is 0.497 e. The zero-order valence-electron chi connectivity index (χ0n) is 16.6. The van der Waals surface area contributed by atoms with E-state index in [0.717, 1.165) is 11.3 Å². The van der Waals surface area contributed by atoms with Crippen molar-refractivity contribution < 1.29 is 23.0 Å². The van der Waals surface area contributed by atoms with Crippen LogP contribution < -0.4 is 24.8 Å². The topological polar surface area (TPSA) is 64.1 Å². The highest BCUT2D eigenvalue weighted by Crippen LogP contribution is 2.26. The van der Waals surface area contributed by atoms with E-state index in [9.17, 15) is 8.78 Å². The maximum Gasteiger partial charge on any atom is 0.387 e. The third-order valence-corrected chi connectivity index (χ3v) is 3.88. The summed E-state index contributed by atoms with van der Waals surface area (Å²) in [7, 11) is 3.08. The van der Waals surface area contributed by atoms with Crippen molar-refractivity contribution in [1.82, 2.24) is 10.6 Å². The first kappa shape index (κ1) is 24.7. The molecule has 29 heavy (non-hydrogen) atoms. The third-order valence-electron chi connectivity index (χ3n) is 3.88. The molecule has 0 aliphatic carbocycles. The lowest BCUT2D eigenvalue weighted by Gasteiger charge is -2.15. The predicted octanol–water partition coefficient (Wildman–Crippen LogP) is 4.18. The third kappa shape index (κ3) is 7.92. The molecule has 0 amide bonds. The fraction of sp³-hybridized carbons (Fsp3) is 0.350. The van der Waals surface area contributed by atoms with Crippen molar-refractivity contribution in [3.8, 4) is 17.2 Å². The Kier molecular flexibility index (Phi) is 11.1. The molecule has 2 aromatic rings. The van der Waals surface area contributed by atoms with Gasteiger partial charge in [-0.05, 0) is 25.1 Å². The second-order valence-electron chi connectivity index (χ2n) is 5.71. The molecule has 0 aliphatic rings. The Balaban J connectivity index is 0.00000420. The molecule has 0 saturated carbocycles. The predicted molar refractivity (Wildman–Crippen MR) is 120 cm³/mol. The van der Waals surface area contributed by atoms with Crippen LogP contribution >= 0.6 is 24.0 Å². The average molecular weight is 521 g/mol. The van der Waals surface area contributed by atoms with Gasteiger partial charge in [-0.3, -0.25) is 0 Å². The first-order valence-electron chi connectivity index (χ1n) is 8.83. The molecule has 0 saturated heterocycles. The van der Waals surface area contributed by atoms with E-state index < -0.39 is 6.61 Å². The highest BCUT2D eigenvalue weighted by molar-refractivity contribution is 14.0. The van der Waals surface area contributed by atoms with Gasteiger partial charge in [0.25, 0.3) is 0 Å². The number of rotatable bonds is 9. The molecule has 0 aliphatic heterocycles. The van der Waals surface area contributed by atoms with E-state index in [1.165, 1.54) is 13.2 Å². The van der Waals surface area contributed by atoms with Gasteiger partial charge in [0.05, 0.1) is 20.8 Å². The minimum Gasteiger partial charge on any atom is -0.497 e. The van der Waals surface area contributed by atoms with E-state index in [1.807, 2.05) is 31.2 Å². The maximum absolute atomic E-state index is 12.7. The summed E-state index contributed by atoms with van der Waals surface area (Å²) in [6, 6.07) is 12.4. The summed E-state index contributed by atoms with van der Waals surface area (Å²) in [4.78, 5) is 4.53. The number of nitrogens with zero attached hydrogens (tertiary/aromatic N) is 1. The molecule has 0 heterocycles. The lowest BCUT2D eigenvalue weighted by molar-refractivity contribution is -0.0505. The average Bonchev–Trinajstić information content (AvgIpc) is 2.70. The van der Waals surface area contributed by atoms with Crippen molar-refractivity contribution in [1.29, 1.82) is 0 Å². The molecule has 9 heteroatoms. The Morgan fingerprint density at radius 1 is 1.00 bits per heavy atom. The number of nitrogens with one attached hydrogen (secondary N) is 2.